The van der Waals surface area contributed by atoms with E-state index in [4.69, 9.17) is 4.42 Å². The lowest BCUT2D eigenvalue weighted by molar-refractivity contribution is 0.572. The lowest BCUT2D eigenvalue weighted by Gasteiger charge is -2.07. The van der Waals surface area contributed by atoms with Gasteiger partial charge in [0.2, 0.25) is 0 Å². The smallest absolute Gasteiger partial charge is 0.181 e. The molecule has 0 spiro atoms. The second kappa shape index (κ2) is 5.96. The van der Waals surface area contributed by atoms with Crippen molar-refractivity contribution in [3.8, 4) is 21.8 Å². The van der Waals surface area contributed by atoms with Crippen LogP contribution in [0.3, 0.4) is 0 Å². The first-order chi connectivity index (χ1) is 9.88. The molecule has 0 bridgehead atoms. The summed E-state index contributed by atoms with van der Waals surface area (Å²) >= 11 is 1.60. The number of unbranched alkanes of at least 4 members (excludes halogenated alkanes) is 1. The van der Waals surface area contributed by atoms with Crippen molar-refractivity contribution in [1.82, 2.24) is 15.0 Å². The number of thiazole rings is 1. The highest BCUT2D eigenvalue weighted by Gasteiger charge is 2.13. The molecule has 0 saturated heterocycles. The van der Waals surface area contributed by atoms with Crippen LogP contribution in [0.1, 0.15) is 25.5 Å². The minimum absolute atomic E-state index is 0.772. The van der Waals surface area contributed by atoms with Crippen molar-refractivity contribution >= 4 is 11.3 Å². The lowest BCUT2D eigenvalue weighted by atomic mass is 10.0. The average Bonchev–Trinajstić information content (AvgIpc) is 3.17. The monoisotopic (exact) mass is 285 g/mol. The number of aryl methyl sites for hydroxylation is 1. The molecular formula is C15H15N3OS. The van der Waals surface area contributed by atoms with Crippen LogP contribution in [0.15, 0.2) is 41.0 Å². The van der Waals surface area contributed by atoms with Gasteiger partial charge in [0.1, 0.15) is 0 Å². The van der Waals surface area contributed by atoms with E-state index in [1.54, 1.807) is 17.5 Å². The van der Waals surface area contributed by atoms with Gasteiger partial charge in [0, 0.05) is 29.2 Å². The van der Waals surface area contributed by atoms with Gasteiger partial charge in [-0.3, -0.25) is 9.97 Å². The number of pyridine rings is 1. The molecule has 0 unspecified atom stereocenters. The van der Waals surface area contributed by atoms with Gasteiger partial charge in [-0.15, -0.1) is 11.3 Å². The predicted molar refractivity (Wildman–Crippen MR) is 79.5 cm³/mol. The van der Waals surface area contributed by atoms with E-state index in [-0.39, 0.29) is 0 Å². The number of rotatable bonds is 5. The van der Waals surface area contributed by atoms with Crippen LogP contribution < -0.4 is 0 Å². The van der Waals surface area contributed by atoms with Crippen molar-refractivity contribution in [1.29, 1.82) is 0 Å². The zero-order chi connectivity index (χ0) is 13.8. The van der Waals surface area contributed by atoms with Crippen LogP contribution in [0.4, 0.5) is 0 Å². The second-order valence-corrected chi connectivity index (χ2v) is 5.44. The molecule has 3 aromatic rings. The first-order valence-electron chi connectivity index (χ1n) is 6.65. The number of aromatic nitrogens is 3. The fourth-order valence-corrected chi connectivity index (χ4v) is 2.74. The summed E-state index contributed by atoms with van der Waals surface area (Å²) in [5, 5.41) is 0. The van der Waals surface area contributed by atoms with Gasteiger partial charge in [0.25, 0.3) is 0 Å². The summed E-state index contributed by atoms with van der Waals surface area (Å²) in [5.41, 5.74) is 4.99. The van der Waals surface area contributed by atoms with Crippen molar-refractivity contribution < 1.29 is 4.42 Å². The first kappa shape index (κ1) is 13.0. The van der Waals surface area contributed by atoms with Crippen LogP contribution >= 0.6 is 11.3 Å². The molecule has 3 aromatic heterocycles. The van der Waals surface area contributed by atoms with E-state index in [1.165, 1.54) is 6.39 Å². The van der Waals surface area contributed by atoms with Gasteiger partial charge in [0.15, 0.2) is 12.2 Å². The van der Waals surface area contributed by atoms with Gasteiger partial charge in [0.05, 0.1) is 16.6 Å². The van der Waals surface area contributed by atoms with Gasteiger partial charge in [-0.2, -0.15) is 0 Å². The van der Waals surface area contributed by atoms with E-state index >= 15 is 0 Å². The van der Waals surface area contributed by atoms with E-state index < -0.39 is 0 Å². The van der Waals surface area contributed by atoms with Crippen LogP contribution in [-0.4, -0.2) is 15.0 Å². The molecule has 0 N–H and O–H groups in total. The largest absolute Gasteiger partial charge is 0.443 e. The Labute approximate surface area is 121 Å². The predicted octanol–water partition coefficient (Wildman–Crippen LogP) is 4.20. The molecule has 0 aliphatic rings. The van der Waals surface area contributed by atoms with Crippen LogP contribution in [0.2, 0.25) is 0 Å². The summed E-state index contributed by atoms with van der Waals surface area (Å²) in [6.45, 7) is 2.18. The Morgan fingerprint density at radius 3 is 2.80 bits per heavy atom. The van der Waals surface area contributed by atoms with Gasteiger partial charge in [-0.05, 0) is 18.9 Å². The normalized spacial score (nSPS) is 10.8. The van der Waals surface area contributed by atoms with E-state index in [1.807, 2.05) is 17.9 Å². The summed E-state index contributed by atoms with van der Waals surface area (Å²) < 4.78 is 5.46. The molecule has 5 heteroatoms. The third-order valence-electron chi connectivity index (χ3n) is 3.14. The van der Waals surface area contributed by atoms with Gasteiger partial charge < -0.3 is 4.42 Å². The highest BCUT2D eigenvalue weighted by atomic mass is 32.1. The molecule has 0 radical (unpaired) electrons. The minimum Gasteiger partial charge on any atom is -0.443 e. The molecule has 0 aliphatic heterocycles. The van der Waals surface area contributed by atoms with E-state index in [9.17, 15) is 0 Å². The molecule has 0 aliphatic carbocycles. The van der Waals surface area contributed by atoms with Crippen molar-refractivity contribution in [2.75, 3.05) is 0 Å². The van der Waals surface area contributed by atoms with Crippen LogP contribution in [0.5, 0.6) is 0 Å². The topological polar surface area (TPSA) is 51.8 Å². The molecule has 0 fully saturated rings. The standard InChI is InChI=1S/C15H15N3OS/c1-2-3-4-11-5-12(14-7-16-9-19-14)13(6-18-11)15-8-17-10-20-15/h5-10H,2-4H2,1H3. The van der Waals surface area contributed by atoms with E-state index in [2.05, 4.69) is 27.9 Å². The quantitative estimate of drug-likeness (QED) is 0.705. The number of oxazole rings is 1. The number of hydrogen-bond donors (Lipinski definition) is 0. The summed E-state index contributed by atoms with van der Waals surface area (Å²) in [6.07, 6.45) is 10.3. The zero-order valence-electron chi connectivity index (χ0n) is 11.2. The number of nitrogens with zero attached hydrogens (tertiary/aromatic N) is 3. The summed E-state index contributed by atoms with van der Waals surface area (Å²) in [5.74, 6) is 0.772. The highest BCUT2D eigenvalue weighted by Crippen LogP contribution is 2.34. The van der Waals surface area contributed by atoms with E-state index in [0.29, 0.717) is 0 Å². The molecule has 0 aromatic carbocycles. The summed E-state index contributed by atoms with van der Waals surface area (Å²) in [7, 11) is 0. The van der Waals surface area contributed by atoms with Crippen molar-refractivity contribution in [3.63, 3.8) is 0 Å². The Hall–Kier alpha value is -2.01. The average molecular weight is 285 g/mol. The molecule has 0 saturated carbocycles. The van der Waals surface area contributed by atoms with Gasteiger partial charge >= 0.3 is 0 Å². The third-order valence-corrected chi connectivity index (χ3v) is 3.95. The van der Waals surface area contributed by atoms with Gasteiger partial charge in [-0.25, -0.2) is 4.98 Å². The van der Waals surface area contributed by atoms with Crippen molar-refractivity contribution in [3.05, 3.63) is 42.3 Å². The first-order valence-corrected chi connectivity index (χ1v) is 7.53. The highest BCUT2D eigenvalue weighted by molar-refractivity contribution is 7.13. The van der Waals surface area contributed by atoms with Crippen molar-refractivity contribution in [2.24, 2.45) is 0 Å². The van der Waals surface area contributed by atoms with Gasteiger partial charge in [-0.1, -0.05) is 13.3 Å². The molecule has 4 nitrogen and oxygen atoms in total. The minimum atomic E-state index is 0.772. The van der Waals surface area contributed by atoms with Crippen LogP contribution in [0.25, 0.3) is 21.8 Å². The molecule has 3 heterocycles. The van der Waals surface area contributed by atoms with E-state index in [0.717, 1.165) is 46.7 Å². The fourth-order valence-electron chi connectivity index (χ4n) is 2.09. The van der Waals surface area contributed by atoms with Crippen LogP contribution in [-0.2, 0) is 6.42 Å². The molecule has 0 amide bonds. The SMILES string of the molecule is CCCCc1cc(-c2cnco2)c(-c2cncs2)cn1. The Balaban J connectivity index is 2.06. The zero-order valence-corrected chi connectivity index (χ0v) is 12.1. The molecule has 20 heavy (non-hydrogen) atoms. The Bertz CT molecular complexity index is 663. The number of hydrogen-bond acceptors (Lipinski definition) is 5. The maximum Gasteiger partial charge on any atom is 0.181 e. The van der Waals surface area contributed by atoms with Crippen molar-refractivity contribution in [2.45, 2.75) is 26.2 Å². The molecular weight excluding hydrogens is 270 g/mol. The Morgan fingerprint density at radius 1 is 1.15 bits per heavy atom. The Morgan fingerprint density at radius 2 is 2.10 bits per heavy atom. The summed E-state index contributed by atoms with van der Waals surface area (Å²) in [4.78, 5) is 13.8. The lowest BCUT2D eigenvalue weighted by Crippen LogP contribution is -1.93. The Kier molecular flexibility index (Phi) is 3.87. The molecule has 102 valence electrons. The molecule has 0 atom stereocenters. The molecule has 3 rings (SSSR count). The third kappa shape index (κ3) is 2.63. The maximum absolute atomic E-state index is 5.46. The summed E-state index contributed by atoms with van der Waals surface area (Å²) in [6, 6.07) is 2.10. The fraction of sp³-hybridized carbons (Fsp3) is 0.267. The second-order valence-electron chi connectivity index (χ2n) is 4.56. The maximum atomic E-state index is 5.46. The van der Waals surface area contributed by atoms with Crippen LogP contribution in [0, 0.1) is 0 Å².